The van der Waals surface area contributed by atoms with Crippen LogP contribution in [0.4, 0.5) is 4.79 Å². The van der Waals surface area contributed by atoms with Gasteiger partial charge in [0, 0.05) is 65.1 Å². The van der Waals surface area contributed by atoms with E-state index in [2.05, 4.69) is 11.7 Å². The fourth-order valence-corrected chi connectivity index (χ4v) is 10.7. The lowest BCUT2D eigenvalue weighted by Crippen LogP contribution is -2.64. The Balaban J connectivity index is 0.00000438. The predicted octanol–water partition coefficient (Wildman–Crippen LogP) is 3.47. The van der Waals surface area contributed by atoms with Gasteiger partial charge in [0.15, 0.2) is 0 Å². The Hall–Kier alpha value is -4.12. The van der Waals surface area contributed by atoms with Crippen LogP contribution in [-0.2, 0) is 47.6 Å². The quantitative estimate of drug-likeness (QED) is 0.0313. The van der Waals surface area contributed by atoms with Gasteiger partial charge >= 0.3 is 12.1 Å². The van der Waals surface area contributed by atoms with Crippen molar-refractivity contribution in [3.63, 3.8) is 0 Å². The van der Waals surface area contributed by atoms with Crippen molar-refractivity contribution in [3.8, 4) is 0 Å². The molecule has 0 unspecified atom stereocenters. The molecule has 5 aliphatic rings. The van der Waals surface area contributed by atoms with Crippen LogP contribution in [-0.4, -0.2) is 163 Å². The number of hydrogen-bond donors (Lipinski definition) is 7. The first-order valence-electron chi connectivity index (χ1n) is 24.8. The number of aliphatic hydroxyl groups excluding tert-OH is 2. The number of carbonyl (C=O) groups excluding carboxylic acids is 5. The number of aliphatic hydroxyl groups is 3. The lowest BCUT2D eigenvalue weighted by molar-refractivity contribution is -0.302. The van der Waals surface area contributed by atoms with E-state index in [-0.39, 0.29) is 75.6 Å². The van der Waals surface area contributed by atoms with E-state index in [0.29, 0.717) is 63.6 Å². The van der Waals surface area contributed by atoms with Gasteiger partial charge in [0.2, 0.25) is 5.79 Å². The lowest BCUT2D eigenvalue weighted by atomic mass is 9.81. The Morgan fingerprint density at radius 2 is 1.58 bits per heavy atom. The van der Waals surface area contributed by atoms with Gasteiger partial charge < -0.3 is 59.3 Å². The van der Waals surface area contributed by atoms with Gasteiger partial charge in [-0.25, -0.2) is 9.59 Å². The molecule has 4 fully saturated rings. The predicted molar refractivity (Wildman–Crippen MR) is 265 cm³/mol. The van der Waals surface area contributed by atoms with Crippen LogP contribution in [0.1, 0.15) is 113 Å². The number of methoxy groups -OCH3 is 3. The van der Waals surface area contributed by atoms with Gasteiger partial charge in [0.05, 0.1) is 42.8 Å². The third kappa shape index (κ3) is 15.5. The number of cyclic esters (lactones) is 1. The van der Waals surface area contributed by atoms with Crippen LogP contribution in [0.3, 0.4) is 0 Å². The average Bonchev–Trinajstić information content (AvgIpc) is 3.32. The summed E-state index contributed by atoms with van der Waals surface area (Å²) < 4.78 is 36.1. The normalized spacial score (nSPS) is 36.1. The number of rotatable bonds is 10. The largest absolute Gasteiger partial charge is 0.456 e. The van der Waals surface area contributed by atoms with Crippen molar-refractivity contribution in [2.75, 3.05) is 47.6 Å². The van der Waals surface area contributed by atoms with E-state index in [0.717, 1.165) is 10.5 Å². The van der Waals surface area contributed by atoms with Crippen molar-refractivity contribution >= 4 is 35.4 Å². The first-order valence-corrected chi connectivity index (χ1v) is 24.8. The maximum atomic E-state index is 14.6. The van der Waals surface area contributed by atoms with Crippen LogP contribution in [0, 0.1) is 40.9 Å². The van der Waals surface area contributed by atoms with Crippen LogP contribution in [0.5, 0.6) is 0 Å². The topological polar surface area (TPSA) is 310 Å². The number of esters is 1. The summed E-state index contributed by atoms with van der Waals surface area (Å²) in [5.74, 6) is -0.561. The van der Waals surface area contributed by atoms with Crippen molar-refractivity contribution < 1.29 is 67.7 Å². The molecule has 0 aromatic carbocycles. The van der Waals surface area contributed by atoms with Crippen molar-refractivity contribution in [2.24, 2.45) is 52.9 Å². The summed E-state index contributed by atoms with van der Waals surface area (Å²) in [5, 5.41) is 41.2. The smallest absolute Gasteiger partial charge is 0.410 e. The zero-order valence-corrected chi connectivity index (χ0v) is 42.5. The van der Waals surface area contributed by atoms with Crippen LogP contribution >= 0.6 is 0 Å². The average molecular weight is 1010 g/mol. The van der Waals surface area contributed by atoms with Crippen molar-refractivity contribution in [3.05, 3.63) is 35.5 Å². The summed E-state index contributed by atoms with van der Waals surface area (Å²) >= 11 is 0. The molecule has 404 valence electrons. The number of piperidine rings is 1. The summed E-state index contributed by atoms with van der Waals surface area (Å²) in [6, 6.07) is -1.20. The maximum Gasteiger partial charge on any atom is 0.410 e. The molecule has 0 aromatic rings. The first kappa shape index (κ1) is 61.2. The Bertz CT molecular complexity index is 1890. The standard InChI is InChI=1S/C50H78N4O14.CH4.H4N2/c1-28-19-29(2)21-41(64-7)44-42(65-8)23-31(4)50(62,68-44)45(58)47(59)54-17-11-9-14-36(54)48(60)67-43(32(5)37(56)25-38(57)34(20-28)13-10-12-18-55)30(3)22-33-15-16-39(40(24-33)63-6)66-49(61)53-26-35(27-53)46(51)52;;1-2/h10,12,20,22,29,31-37,39-44,55-56,62H,9,11,13-19,21,23-27H2,1-8H3,(H3,51,52);1H4;1-2H2/b12-10+,28-20+,30-22+;;/t29-,31+,32+,33-,34+,36-,37-,39+,40+,41-,42-,43+,44+,50+;;/m0../s1. The first-order chi connectivity index (χ1) is 33.3. The lowest BCUT2D eigenvalue weighted by Gasteiger charge is -2.47. The second kappa shape index (κ2) is 28.4. The molecule has 0 radical (unpaired) electrons. The van der Waals surface area contributed by atoms with E-state index in [1.807, 2.05) is 26.0 Å². The third-order valence-electron chi connectivity index (χ3n) is 14.9. The summed E-state index contributed by atoms with van der Waals surface area (Å²) in [6.45, 7) is 9.51. The minimum absolute atomic E-state index is 0. The number of amides is 2. The SMILES string of the molecule is C.CO[C@H]1C[C@@H](C)C/C(C)=C/[C@@H](C/C=C/CO)C(=O)C[C@H](O)[C@@H](C)[C@@H](/C(C)=C/[C@@H]2CC[C@@H](OC(=O)N3CC(C(=N)N)C3)[C@H](OC)C2)OC(=O)[C@@H]2CCCCN2C(=O)C(=O)[C@]2(O)O[C@H]1[C@@H](OC)C[C@H]2C.NN. The van der Waals surface area contributed by atoms with Gasteiger partial charge in [-0.1, -0.05) is 58.1 Å². The fourth-order valence-electron chi connectivity index (χ4n) is 10.7. The maximum absolute atomic E-state index is 14.6. The van der Waals surface area contributed by atoms with Gasteiger partial charge in [-0.15, -0.1) is 0 Å². The molecule has 4 aliphatic heterocycles. The summed E-state index contributed by atoms with van der Waals surface area (Å²) in [5.41, 5.74) is 7.08. The number of fused-ring (bicyclic) bond motifs is 3. The zero-order chi connectivity index (χ0) is 52.0. The molecule has 20 heteroatoms. The minimum Gasteiger partial charge on any atom is -0.456 e. The van der Waals surface area contributed by atoms with Gasteiger partial charge in [-0.2, -0.15) is 0 Å². The second-order valence-electron chi connectivity index (χ2n) is 20.0. The number of likely N-dealkylation sites (tertiary alicyclic amines) is 1. The number of Topliss-reactive ketones (excluding diaryl/α,β-unsaturated/α-hetero) is 2. The highest BCUT2D eigenvalue weighted by Gasteiger charge is 2.56. The van der Waals surface area contributed by atoms with E-state index in [9.17, 15) is 39.3 Å². The number of carbonyl (C=O) groups is 5. The number of hydrogen-bond acceptors (Lipinski definition) is 17. The molecular weight excluding hydrogens is 921 g/mol. The van der Waals surface area contributed by atoms with E-state index in [4.69, 9.17) is 39.6 Å². The van der Waals surface area contributed by atoms with Gasteiger partial charge in [-0.3, -0.25) is 31.5 Å². The number of amidine groups is 1. The van der Waals surface area contributed by atoms with Gasteiger partial charge in [0.25, 0.3) is 11.7 Å². The molecule has 4 heterocycles. The third-order valence-corrected chi connectivity index (χ3v) is 14.9. The van der Waals surface area contributed by atoms with Crippen molar-refractivity contribution in [2.45, 2.75) is 167 Å². The monoisotopic (exact) mass is 1010 g/mol. The number of nitrogens with zero attached hydrogens (tertiary/aromatic N) is 2. The molecule has 3 saturated heterocycles. The molecule has 20 nitrogen and oxygen atoms in total. The second-order valence-corrected chi connectivity index (χ2v) is 20.0. The molecular formula is C51H86N6O14. The van der Waals surface area contributed by atoms with E-state index < -0.39 is 96.1 Å². The van der Waals surface area contributed by atoms with Crippen LogP contribution in [0.15, 0.2) is 35.5 Å². The fraction of sp³-hybridized carbons (Fsp3) is 0.765. The molecule has 14 atom stereocenters. The molecule has 1 saturated carbocycles. The van der Waals surface area contributed by atoms with Gasteiger partial charge in [-0.05, 0) is 95.5 Å². The van der Waals surface area contributed by atoms with Crippen molar-refractivity contribution in [1.29, 1.82) is 5.41 Å². The van der Waals surface area contributed by atoms with E-state index >= 15 is 0 Å². The van der Waals surface area contributed by atoms with Gasteiger partial charge in [0.1, 0.15) is 30.1 Å². The Labute approximate surface area is 420 Å². The number of allylic oxidation sites excluding steroid dienone is 4. The number of ketones is 2. The van der Waals surface area contributed by atoms with E-state index in [1.54, 1.807) is 40.0 Å². The van der Waals surface area contributed by atoms with E-state index in [1.165, 1.54) is 19.1 Å². The molecule has 2 bridgehead atoms. The number of nitrogens with two attached hydrogens (primary N) is 3. The highest BCUT2D eigenvalue weighted by molar-refractivity contribution is 6.39. The Kier molecular flexibility index (Phi) is 24.4. The highest BCUT2D eigenvalue weighted by Crippen LogP contribution is 2.39. The highest BCUT2D eigenvalue weighted by atomic mass is 16.7. The number of hydrazine groups is 1. The summed E-state index contributed by atoms with van der Waals surface area (Å²) in [7, 11) is 4.56. The summed E-state index contributed by atoms with van der Waals surface area (Å²) in [4.78, 5) is 73.1. The Morgan fingerprint density at radius 3 is 2.20 bits per heavy atom. The van der Waals surface area contributed by atoms with Crippen LogP contribution < -0.4 is 17.4 Å². The zero-order valence-electron chi connectivity index (χ0n) is 42.5. The van der Waals surface area contributed by atoms with Crippen LogP contribution in [0.2, 0.25) is 0 Å². The molecule has 0 spiro atoms. The molecule has 2 amide bonds. The van der Waals surface area contributed by atoms with Crippen molar-refractivity contribution in [1.82, 2.24) is 9.80 Å². The molecule has 1 aliphatic carbocycles. The Morgan fingerprint density at radius 1 is 0.930 bits per heavy atom. The van der Waals surface area contributed by atoms with Crippen LogP contribution in [0.25, 0.3) is 0 Å². The number of nitrogens with one attached hydrogen (secondary N) is 1. The summed E-state index contributed by atoms with van der Waals surface area (Å²) in [6.07, 6.45) is 4.95. The molecule has 5 rings (SSSR count). The molecule has 0 aromatic heterocycles. The minimum atomic E-state index is -2.56. The molecule has 10 N–H and O–H groups in total. The number of ether oxygens (including phenoxy) is 6. The molecule has 71 heavy (non-hydrogen) atoms.